The van der Waals surface area contributed by atoms with Gasteiger partial charge < -0.3 is 10.5 Å². The first kappa shape index (κ1) is 16.2. The molecule has 0 fully saturated rings. The number of hydrogen-bond donors (Lipinski definition) is 1. The third-order valence-corrected chi connectivity index (χ3v) is 2.35. The Labute approximate surface area is 92.8 Å². The summed E-state index contributed by atoms with van der Waals surface area (Å²) in [4.78, 5) is 11.0. The summed E-state index contributed by atoms with van der Waals surface area (Å²) in [6, 6.07) is -0.510. The molecule has 0 amide bonds. The lowest BCUT2D eigenvalue weighted by atomic mass is 9.87. The van der Waals surface area contributed by atoms with Crippen LogP contribution in [0.2, 0.25) is 0 Å². The Hall–Kier alpha value is -0.280. The summed E-state index contributed by atoms with van der Waals surface area (Å²) >= 11 is 0. The van der Waals surface area contributed by atoms with Crippen LogP contribution in [0.15, 0.2) is 0 Å². The third kappa shape index (κ3) is 7.15. The molecule has 0 aliphatic carbocycles. The summed E-state index contributed by atoms with van der Waals surface area (Å²) < 4.78 is 4.98. The van der Waals surface area contributed by atoms with E-state index in [4.69, 9.17) is 10.5 Å². The van der Waals surface area contributed by atoms with Crippen molar-refractivity contribution in [3.05, 3.63) is 0 Å². The summed E-state index contributed by atoms with van der Waals surface area (Å²) in [5, 5.41) is 0. The molecule has 0 saturated carbocycles. The second-order valence-electron chi connectivity index (χ2n) is 4.22. The SMILES string of the molecule is CCC(C)(C)CCOC(=O)[C@H](C)N.Cl. The molecule has 0 aromatic rings. The quantitative estimate of drug-likeness (QED) is 0.727. The fourth-order valence-corrected chi connectivity index (χ4v) is 0.736. The van der Waals surface area contributed by atoms with Gasteiger partial charge in [-0.2, -0.15) is 0 Å². The molecule has 0 aromatic carbocycles. The zero-order chi connectivity index (χ0) is 10.5. The third-order valence-electron chi connectivity index (χ3n) is 2.35. The molecule has 0 radical (unpaired) electrons. The van der Waals surface area contributed by atoms with Gasteiger partial charge in [-0.3, -0.25) is 4.79 Å². The Morgan fingerprint density at radius 3 is 2.36 bits per heavy atom. The van der Waals surface area contributed by atoms with Gasteiger partial charge >= 0.3 is 5.97 Å². The zero-order valence-electron chi connectivity index (χ0n) is 9.50. The van der Waals surface area contributed by atoms with E-state index in [-0.39, 0.29) is 23.8 Å². The van der Waals surface area contributed by atoms with Crippen molar-refractivity contribution < 1.29 is 9.53 Å². The van der Waals surface area contributed by atoms with Crippen LogP contribution >= 0.6 is 12.4 Å². The van der Waals surface area contributed by atoms with Crippen molar-refractivity contribution in [1.82, 2.24) is 0 Å². The molecule has 3 nitrogen and oxygen atoms in total. The fourth-order valence-electron chi connectivity index (χ4n) is 0.736. The van der Waals surface area contributed by atoms with Crippen molar-refractivity contribution in [1.29, 1.82) is 0 Å². The predicted octanol–water partition coefficient (Wildman–Crippen LogP) is 2.12. The number of rotatable bonds is 5. The first-order valence-electron chi connectivity index (χ1n) is 4.81. The number of nitrogens with two attached hydrogens (primary N) is 1. The Bertz CT molecular complexity index is 170. The molecule has 0 saturated heterocycles. The molecule has 0 rings (SSSR count). The summed E-state index contributed by atoms with van der Waals surface area (Å²) in [5.41, 5.74) is 5.59. The van der Waals surface area contributed by atoms with Crippen LogP contribution in [0, 0.1) is 5.41 Å². The smallest absolute Gasteiger partial charge is 0.322 e. The molecule has 0 aliphatic rings. The molecule has 86 valence electrons. The van der Waals surface area contributed by atoms with Gasteiger partial charge in [-0.15, -0.1) is 12.4 Å². The number of hydrogen-bond acceptors (Lipinski definition) is 3. The second kappa shape index (κ2) is 7.07. The van der Waals surface area contributed by atoms with E-state index in [1.165, 1.54) is 0 Å². The molecule has 14 heavy (non-hydrogen) atoms. The van der Waals surface area contributed by atoms with Crippen molar-refractivity contribution >= 4 is 18.4 Å². The van der Waals surface area contributed by atoms with Crippen LogP contribution in [0.25, 0.3) is 0 Å². The Morgan fingerprint density at radius 2 is 2.00 bits per heavy atom. The normalized spacial score (nSPS) is 12.9. The first-order chi connectivity index (χ1) is 5.89. The fraction of sp³-hybridized carbons (Fsp3) is 0.900. The van der Waals surface area contributed by atoms with Crippen LogP contribution in [0.3, 0.4) is 0 Å². The van der Waals surface area contributed by atoms with Crippen LogP contribution in [0.4, 0.5) is 0 Å². The molecule has 0 bridgehead atoms. The van der Waals surface area contributed by atoms with Gasteiger partial charge in [0.05, 0.1) is 6.61 Å². The van der Waals surface area contributed by atoms with Crippen molar-refractivity contribution in [2.24, 2.45) is 11.1 Å². The van der Waals surface area contributed by atoms with Gasteiger partial charge in [0.15, 0.2) is 0 Å². The van der Waals surface area contributed by atoms with Gasteiger partial charge in [-0.25, -0.2) is 0 Å². The van der Waals surface area contributed by atoms with Crippen LogP contribution in [0.1, 0.15) is 40.5 Å². The topological polar surface area (TPSA) is 52.3 Å². The highest BCUT2D eigenvalue weighted by atomic mass is 35.5. The van der Waals surface area contributed by atoms with Gasteiger partial charge in [0, 0.05) is 0 Å². The molecule has 0 spiro atoms. The molecule has 1 atom stereocenters. The van der Waals surface area contributed by atoms with Gasteiger partial charge in [-0.05, 0) is 18.8 Å². The van der Waals surface area contributed by atoms with E-state index in [0.29, 0.717) is 6.61 Å². The van der Waals surface area contributed by atoms with Gasteiger partial charge in [0.25, 0.3) is 0 Å². The Kier molecular flexibility index (Phi) is 8.16. The minimum Gasteiger partial charge on any atom is -0.465 e. The molecule has 2 N–H and O–H groups in total. The maximum Gasteiger partial charge on any atom is 0.322 e. The van der Waals surface area contributed by atoms with Crippen LogP contribution in [0.5, 0.6) is 0 Å². The lowest BCUT2D eigenvalue weighted by Gasteiger charge is -2.22. The van der Waals surface area contributed by atoms with E-state index >= 15 is 0 Å². The van der Waals surface area contributed by atoms with Crippen LogP contribution in [-0.2, 0) is 9.53 Å². The van der Waals surface area contributed by atoms with E-state index in [1.54, 1.807) is 6.92 Å². The molecule has 0 aromatic heterocycles. The lowest BCUT2D eigenvalue weighted by Crippen LogP contribution is -2.29. The summed E-state index contributed by atoms with van der Waals surface area (Å²) in [5.74, 6) is -0.313. The van der Waals surface area contributed by atoms with Gasteiger partial charge in [0.1, 0.15) is 6.04 Å². The summed E-state index contributed by atoms with van der Waals surface area (Å²) in [7, 11) is 0. The largest absolute Gasteiger partial charge is 0.465 e. The number of ether oxygens (including phenoxy) is 1. The molecule has 0 aliphatic heterocycles. The standard InChI is InChI=1S/C10H21NO2.ClH/c1-5-10(3,4)6-7-13-9(12)8(2)11;/h8H,5-7,11H2,1-4H3;1H/t8-;/m0./s1. The highest BCUT2D eigenvalue weighted by Crippen LogP contribution is 2.23. The summed E-state index contributed by atoms with van der Waals surface area (Å²) in [6.07, 6.45) is 1.98. The zero-order valence-corrected chi connectivity index (χ0v) is 10.3. The number of carbonyl (C=O) groups excluding carboxylic acids is 1. The molecular weight excluding hydrogens is 202 g/mol. The highest BCUT2D eigenvalue weighted by Gasteiger charge is 2.16. The number of carbonyl (C=O) groups is 1. The number of halogens is 1. The average molecular weight is 224 g/mol. The van der Waals surface area contributed by atoms with Crippen molar-refractivity contribution in [2.45, 2.75) is 46.6 Å². The Morgan fingerprint density at radius 1 is 1.50 bits per heavy atom. The minimum atomic E-state index is -0.510. The van der Waals surface area contributed by atoms with E-state index in [0.717, 1.165) is 12.8 Å². The lowest BCUT2D eigenvalue weighted by molar-refractivity contribution is -0.145. The van der Waals surface area contributed by atoms with Crippen molar-refractivity contribution in [3.8, 4) is 0 Å². The van der Waals surface area contributed by atoms with E-state index in [2.05, 4.69) is 20.8 Å². The van der Waals surface area contributed by atoms with E-state index < -0.39 is 6.04 Å². The molecular formula is C10H22ClNO2. The minimum absolute atomic E-state index is 0. The molecule has 4 heteroatoms. The highest BCUT2D eigenvalue weighted by molar-refractivity contribution is 5.85. The monoisotopic (exact) mass is 223 g/mol. The maximum atomic E-state index is 11.0. The summed E-state index contributed by atoms with van der Waals surface area (Å²) in [6.45, 7) is 8.56. The van der Waals surface area contributed by atoms with E-state index in [1.807, 2.05) is 0 Å². The van der Waals surface area contributed by atoms with E-state index in [9.17, 15) is 4.79 Å². The molecule has 0 heterocycles. The Balaban J connectivity index is 0. The van der Waals surface area contributed by atoms with Crippen molar-refractivity contribution in [3.63, 3.8) is 0 Å². The predicted molar refractivity (Wildman–Crippen MR) is 60.5 cm³/mol. The number of esters is 1. The van der Waals surface area contributed by atoms with Crippen LogP contribution in [-0.4, -0.2) is 18.6 Å². The van der Waals surface area contributed by atoms with Gasteiger partial charge in [-0.1, -0.05) is 27.2 Å². The average Bonchev–Trinajstić information content (AvgIpc) is 2.04. The molecule has 0 unspecified atom stereocenters. The van der Waals surface area contributed by atoms with Crippen LogP contribution < -0.4 is 5.73 Å². The van der Waals surface area contributed by atoms with Crippen molar-refractivity contribution in [2.75, 3.05) is 6.61 Å². The second-order valence-corrected chi connectivity index (χ2v) is 4.22. The first-order valence-corrected chi connectivity index (χ1v) is 4.81. The van der Waals surface area contributed by atoms with Gasteiger partial charge in [0.2, 0.25) is 0 Å². The maximum absolute atomic E-state index is 11.0.